The molecule has 1 atom stereocenters. The summed E-state index contributed by atoms with van der Waals surface area (Å²) in [6, 6.07) is 7.49. The third-order valence-corrected chi connectivity index (χ3v) is 4.55. The molecule has 1 aliphatic rings. The van der Waals surface area contributed by atoms with E-state index in [1.54, 1.807) is 0 Å². The summed E-state index contributed by atoms with van der Waals surface area (Å²) in [6.45, 7) is 12.2. The Kier molecular flexibility index (Phi) is 5.67. The monoisotopic (exact) mass is 310 g/mol. The van der Waals surface area contributed by atoms with Crippen LogP contribution >= 0.6 is 11.6 Å². The molecule has 3 nitrogen and oxygen atoms in total. The molecule has 0 saturated carbocycles. The number of rotatable bonds is 4. The Balaban J connectivity index is 1.76. The van der Waals surface area contributed by atoms with Crippen LogP contribution in [0.15, 0.2) is 24.3 Å². The number of hydrogen-bond donors (Lipinski definition) is 1. The molecule has 21 heavy (non-hydrogen) atoms. The standard InChI is InChI=1S/C17H27ClN2O/c1-17(2,3)20-12-10-19(11-13-20)9-8-16(21)14-4-6-15(18)7-5-14/h4-7,16,21H,8-13H2,1-3H3. The highest BCUT2D eigenvalue weighted by Crippen LogP contribution is 2.21. The zero-order chi connectivity index (χ0) is 15.5. The average Bonchev–Trinajstić information content (AvgIpc) is 2.45. The molecule has 1 aliphatic heterocycles. The van der Waals surface area contributed by atoms with Gasteiger partial charge in [-0.2, -0.15) is 0 Å². The van der Waals surface area contributed by atoms with Crippen molar-refractivity contribution in [1.82, 2.24) is 9.80 Å². The number of halogens is 1. The van der Waals surface area contributed by atoms with Gasteiger partial charge < -0.3 is 10.0 Å². The second-order valence-electron chi connectivity index (χ2n) is 6.86. The van der Waals surface area contributed by atoms with Crippen LogP contribution < -0.4 is 0 Å². The summed E-state index contributed by atoms with van der Waals surface area (Å²) in [5.74, 6) is 0. The molecule has 1 heterocycles. The quantitative estimate of drug-likeness (QED) is 0.925. The first-order valence-electron chi connectivity index (χ1n) is 7.77. The molecule has 118 valence electrons. The molecule has 2 rings (SSSR count). The van der Waals surface area contributed by atoms with Crippen molar-refractivity contribution in [2.45, 2.75) is 38.8 Å². The molecule has 1 N–H and O–H groups in total. The van der Waals surface area contributed by atoms with Gasteiger partial charge in [-0.05, 0) is 44.9 Å². The van der Waals surface area contributed by atoms with Gasteiger partial charge in [0.1, 0.15) is 0 Å². The lowest BCUT2D eigenvalue weighted by atomic mass is 10.0. The number of piperazine rings is 1. The molecular weight excluding hydrogens is 284 g/mol. The van der Waals surface area contributed by atoms with Gasteiger partial charge in [-0.1, -0.05) is 23.7 Å². The highest BCUT2D eigenvalue weighted by atomic mass is 35.5. The van der Waals surface area contributed by atoms with E-state index in [1.807, 2.05) is 24.3 Å². The van der Waals surface area contributed by atoms with Gasteiger partial charge in [-0.25, -0.2) is 0 Å². The van der Waals surface area contributed by atoms with Crippen LogP contribution in [0.5, 0.6) is 0 Å². The van der Waals surface area contributed by atoms with Crippen molar-refractivity contribution in [2.24, 2.45) is 0 Å². The molecule has 4 heteroatoms. The van der Waals surface area contributed by atoms with E-state index < -0.39 is 6.10 Å². The maximum absolute atomic E-state index is 10.2. The highest BCUT2D eigenvalue weighted by Gasteiger charge is 2.25. The summed E-state index contributed by atoms with van der Waals surface area (Å²) in [7, 11) is 0. The van der Waals surface area contributed by atoms with E-state index in [9.17, 15) is 5.11 Å². The Bertz CT molecular complexity index is 433. The first-order chi connectivity index (χ1) is 9.86. The van der Waals surface area contributed by atoms with Crippen molar-refractivity contribution in [3.8, 4) is 0 Å². The molecule has 0 aromatic heterocycles. The summed E-state index contributed by atoms with van der Waals surface area (Å²) < 4.78 is 0. The molecular formula is C17H27ClN2O. The minimum absolute atomic E-state index is 0.259. The fourth-order valence-electron chi connectivity index (χ4n) is 2.80. The summed E-state index contributed by atoms with van der Waals surface area (Å²) in [5, 5.41) is 11.0. The molecule has 1 saturated heterocycles. The van der Waals surface area contributed by atoms with Crippen LogP contribution in [-0.2, 0) is 0 Å². The van der Waals surface area contributed by atoms with Gasteiger partial charge in [-0.15, -0.1) is 0 Å². The molecule has 0 amide bonds. The molecule has 1 fully saturated rings. The summed E-state index contributed by atoms with van der Waals surface area (Å²) >= 11 is 5.87. The second kappa shape index (κ2) is 7.10. The van der Waals surface area contributed by atoms with Crippen LogP contribution in [0.3, 0.4) is 0 Å². The van der Waals surface area contributed by atoms with Gasteiger partial charge in [0.2, 0.25) is 0 Å². The first kappa shape index (κ1) is 16.8. The van der Waals surface area contributed by atoms with Gasteiger partial charge in [0.15, 0.2) is 0 Å². The summed E-state index contributed by atoms with van der Waals surface area (Å²) in [4.78, 5) is 4.97. The third kappa shape index (κ3) is 4.96. The Hall–Kier alpha value is -0.610. The average molecular weight is 311 g/mol. The lowest BCUT2D eigenvalue weighted by Crippen LogP contribution is -2.53. The lowest BCUT2D eigenvalue weighted by molar-refractivity contribution is 0.0533. The van der Waals surface area contributed by atoms with Crippen LogP contribution in [-0.4, -0.2) is 53.2 Å². The molecule has 1 aromatic carbocycles. The van der Waals surface area contributed by atoms with Gasteiger partial charge >= 0.3 is 0 Å². The molecule has 0 bridgehead atoms. The zero-order valence-corrected chi connectivity index (χ0v) is 14.1. The SMILES string of the molecule is CC(C)(C)N1CCN(CCC(O)c2ccc(Cl)cc2)CC1. The predicted molar refractivity (Wildman–Crippen MR) is 88.8 cm³/mol. The largest absolute Gasteiger partial charge is 0.388 e. The van der Waals surface area contributed by atoms with E-state index in [2.05, 4.69) is 30.6 Å². The van der Waals surface area contributed by atoms with Crippen LogP contribution in [0.25, 0.3) is 0 Å². The lowest BCUT2D eigenvalue weighted by Gasteiger charge is -2.42. The van der Waals surface area contributed by atoms with E-state index in [0.29, 0.717) is 5.02 Å². The van der Waals surface area contributed by atoms with Crippen LogP contribution in [0.2, 0.25) is 5.02 Å². The van der Waals surface area contributed by atoms with Crippen LogP contribution in [0.4, 0.5) is 0 Å². The molecule has 1 unspecified atom stereocenters. The molecule has 0 spiro atoms. The number of benzene rings is 1. The van der Waals surface area contributed by atoms with E-state index in [0.717, 1.165) is 44.7 Å². The van der Waals surface area contributed by atoms with Gasteiger partial charge in [0.05, 0.1) is 6.10 Å². The van der Waals surface area contributed by atoms with Crippen molar-refractivity contribution in [1.29, 1.82) is 0 Å². The minimum Gasteiger partial charge on any atom is -0.388 e. The fraction of sp³-hybridized carbons (Fsp3) is 0.647. The maximum Gasteiger partial charge on any atom is 0.0802 e. The number of aliphatic hydroxyl groups excluding tert-OH is 1. The smallest absolute Gasteiger partial charge is 0.0802 e. The molecule has 0 aliphatic carbocycles. The van der Waals surface area contributed by atoms with E-state index >= 15 is 0 Å². The fourth-order valence-corrected chi connectivity index (χ4v) is 2.92. The van der Waals surface area contributed by atoms with Gasteiger partial charge in [0.25, 0.3) is 0 Å². The van der Waals surface area contributed by atoms with E-state index in [4.69, 9.17) is 11.6 Å². The normalized spacial score (nSPS) is 19.7. The van der Waals surface area contributed by atoms with Crippen molar-refractivity contribution in [2.75, 3.05) is 32.7 Å². The van der Waals surface area contributed by atoms with Crippen LogP contribution in [0.1, 0.15) is 38.9 Å². The molecule has 0 radical (unpaired) electrons. The number of hydrogen-bond acceptors (Lipinski definition) is 3. The predicted octanol–water partition coefficient (Wildman–Crippen LogP) is 3.18. The van der Waals surface area contributed by atoms with Crippen molar-refractivity contribution in [3.05, 3.63) is 34.9 Å². The Labute approximate surface area is 133 Å². The van der Waals surface area contributed by atoms with E-state index in [-0.39, 0.29) is 5.54 Å². The summed E-state index contributed by atoms with van der Waals surface area (Å²) in [6.07, 6.45) is 0.375. The molecule has 1 aromatic rings. The number of nitrogens with zero attached hydrogens (tertiary/aromatic N) is 2. The van der Waals surface area contributed by atoms with Crippen molar-refractivity contribution in [3.63, 3.8) is 0 Å². The van der Waals surface area contributed by atoms with Gasteiger partial charge in [-0.3, -0.25) is 4.90 Å². The number of aliphatic hydroxyl groups is 1. The van der Waals surface area contributed by atoms with Crippen molar-refractivity contribution < 1.29 is 5.11 Å². The Morgan fingerprint density at radius 2 is 1.67 bits per heavy atom. The van der Waals surface area contributed by atoms with Gasteiger partial charge in [0, 0.05) is 43.3 Å². The summed E-state index contributed by atoms with van der Waals surface area (Å²) in [5.41, 5.74) is 1.21. The maximum atomic E-state index is 10.2. The minimum atomic E-state index is -0.400. The first-order valence-corrected chi connectivity index (χ1v) is 8.15. The van der Waals surface area contributed by atoms with Crippen LogP contribution in [0, 0.1) is 0 Å². The Morgan fingerprint density at radius 3 is 2.19 bits per heavy atom. The zero-order valence-electron chi connectivity index (χ0n) is 13.3. The van der Waals surface area contributed by atoms with Crippen molar-refractivity contribution >= 4 is 11.6 Å². The second-order valence-corrected chi connectivity index (χ2v) is 7.29. The van der Waals surface area contributed by atoms with E-state index in [1.165, 1.54) is 0 Å². The third-order valence-electron chi connectivity index (χ3n) is 4.29. The topological polar surface area (TPSA) is 26.7 Å². The Morgan fingerprint density at radius 1 is 1.10 bits per heavy atom. The highest BCUT2D eigenvalue weighted by molar-refractivity contribution is 6.30.